The Hall–Kier alpha value is -1.82. The van der Waals surface area contributed by atoms with Gasteiger partial charge in [-0.15, -0.1) is 0 Å². The number of hydrogen-bond acceptors (Lipinski definition) is 0. The molecule has 0 atom stereocenters. The molecule has 0 heterocycles. The molecule has 126 valence electrons. The van der Waals surface area contributed by atoms with E-state index in [9.17, 15) is 0 Å². The first-order valence-corrected chi connectivity index (χ1v) is 9.66. The van der Waals surface area contributed by atoms with E-state index in [0.717, 1.165) is 25.7 Å². The largest absolute Gasteiger partial charge is 0.0723 e. The zero-order chi connectivity index (χ0) is 17.1. The number of hydrogen-bond donors (Lipinski definition) is 0. The summed E-state index contributed by atoms with van der Waals surface area (Å²) in [6.07, 6.45) is 11.8. The highest BCUT2D eigenvalue weighted by molar-refractivity contribution is 5.86. The van der Waals surface area contributed by atoms with E-state index in [2.05, 4.69) is 64.1 Å². The molecule has 0 unspecified atom stereocenters. The Kier molecular flexibility index (Phi) is 5.23. The van der Waals surface area contributed by atoms with Crippen LogP contribution in [0.3, 0.4) is 0 Å². The van der Waals surface area contributed by atoms with Crippen LogP contribution in [0.15, 0.2) is 58.7 Å². The van der Waals surface area contributed by atoms with Gasteiger partial charge in [0.15, 0.2) is 0 Å². The van der Waals surface area contributed by atoms with Crippen LogP contribution in [0.5, 0.6) is 0 Å². The van der Waals surface area contributed by atoms with Crippen LogP contribution in [-0.4, -0.2) is 0 Å². The lowest BCUT2D eigenvalue weighted by molar-refractivity contribution is 0.999. The molecule has 2 aliphatic carbocycles. The van der Waals surface area contributed by atoms with E-state index in [-0.39, 0.29) is 0 Å². The molecule has 3 rings (SSSR count). The average Bonchev–Trinajstić information content (AvgIpc) is 3.24. The van der Waals surface area contributed by atoms with Crippen LogP contribution >= 0.6 is 0 Å². The van der Waals surface area contributed by atoms with E-state index in [1.165, 1.54) is 35.1 Å². The maximum absolute atomic E-state index is 2.42. The third-order valence-electron chi connectivity index (χ3n) is 5.68. The monoisotopic (exact) mass is 318 g/mol. The van der Waals surface area contributed by atoms with Gasteiger partial charge in [0.05, 0.1) is 0 Å². The van der Waals surface area contributed by atoms with Gasteiger partial charge in [0.1, 0.15) is 0 Å². The fourth-order valence-electron chi connectivity index (χ4n) is 4.33. The van der Waals surface area contributed by atoms with Gasteiger partial charge in [0.25, 0.3) is 0 Å². The molecule has 0 saturated heterocycles. The second-order valence-corrected chi connectivity index (χ2v) is 6.80. The summed E-state index contributed by atoms with van der Waals surface area (Å²) in [5.74, 6) is 0. The number of benzene rings is 1. The molecule has 0 fully saturated rings. The van der Waals surface area contributed by atoms with Crippen molar-refractivity contribution in [3.63, 3.8) is 0 Å². The van der Waals surface area contributed by atoms with Crippen molar-refractivity contribution in [2.75, 3.05) is 0 Å². The van der Waals surface area contributed by atoms with Gasteiger partial charge in [-0.1, -0.05) is 75.3 Å². The predicted octanol–water partition coefficient (Wildman–Crippen LogP) is 7.49. The molecule has 2 aliphatic rings. The van der Waals surface area contributed by atoms with Crippen LogP contribution < -0.4 is 0 Å². The minimum Gasteiger partial charge on any atom is -0.0723 e. The number of allylic oxidation sites excluding steroid dienone is 8. The summed E-state index contributed by atoms with van der Waals surface area (Å²) in [7, 11) is 0. The van der Waals surface area contributed by atoms with Gasteiger partial charge < -0.3 is 0 Å². The quantitative estimate of drug-likeness (QED) is 0.509. The molecule has 0 aliphatic heterocycles. The normalized spacial score (nSPS) is 17.7. The van der Waals surface area contributed by atoms with Crippen molar-refractivity contribution in [2.45, 2.75) is 66.2 Å². The van der Waals surface area contributed by atoms with E-state index < -0.39 is 0 Å². The number of rotatable bonds is 6. The lowest BCUT2D eigenvalue weighted by Gasteiger charge is -2.12. The molecular formula is C24H30. The summed E-state index contributed by atoms with van der Waals surface area (Å²) in [5.41, 5.74) is 12.1. The first-order chi connectivity index (χ1) is 11.7. The van der Waals surface area contributed by atoms with E-state index in [1.807, 2.05) is 0 Å². The standard InChI is InChI=1S/C24H30/c1-5-17-13-15-23(21(17)7-3)19-9-11-20(12-10-19)24-16-14-18(6-2)22(24)8-4/h9-12,15-16H,5-8,13-14H2,1-4H3. The Balaban J connectivity index is 1.88. The Labute approximate surface area is 147 Å². The molecule has 0 nitrogen and oxygen atoms in total. The van der Waals surface area contributed by atoms with Crippen molar-refractivity contribution in [3.8, 4) is 0 Å². The van der Waals surface area contributed by atoms with Gasteiger partial charge in [-0.05, 0) is 71.9 Å². The molecule has 24 heavy (non-hydrogen) atoms. The SMILES string of the molecule is CCC1=C(CC)C(c2ccc(C3=CCC(CC)=C3CC)cc2)=CC1. The highest BCUT2D eigenvalue weighted by Crippen LogP contribution is 2.39. The van der Waals surface area contributed by atoms with Crippen LogP contribution in [0.25, 0.3) is 11.1 Å². The topological polar surface area (TPSA) is 0 Å². The molecule has 0 aromatic heterocycles. The van der Waals surface area contributed by atoms with Crippen molar-refractivity contribution >= 4 is 11.1 Å². The Morgan fingerprint density at radius 3 is 1.25 bits per heavy atom. The molecule has 0 N–H and O–H groups in total. The van der Waals surface area contributed by atoms with E-state index in [4.69, 9.17) is 0 Å². The molecule has 0 spiro atoms. The Bertz CT molecular complexity index is 668. The first-order valence-electron chi connectivity index (χ1n) is 9.66. The van der Waals surface area contributed by atoms with Crippen molar-refractivity contribution in [3.05, 3.63) is 69.8 Å². The smallest absolute Gasteiger partial charge is 0.0124 e. The van der Waals surface area contributed by atoms with E-state index in [0.29, 0.717) is 0 Å². The van der Waals surface area contributed by atoms with Gasteiger partial charge in [0.2, 0.25) is 0 Å². The predicted molar refractivity (Wildman–Crippen MR) is 107 cm³/mol. The molecule has 1 aromatic carbocycles. The maximum Gasteiger partial charge on any atom is -0.0124 e. The molecule has 1 aromatic rings. The van der Waals surface area contributed by atoms with Crippen LogP contribution in [0, 0.1) is 0 Å². The second-order valence-electron chi connectivity index (χ2n) is 6.80. The van der Waals surface area contributed by atoms with Gasteiger partial charge in [-0.25, -0.2) is 0 Å². The first kappa shape index (κ1) is 17.0. The minimum absolute atomic E-state index is 1.14. The van der Waals surface area contributed by atoms with Crippen LogP contribution in [-0.2, 0) is 0 Å². The van der Waals surface area contributed by atoms with Gasteiger partial charge in [-0.2, -0.15) is 0 Å². The van der Waals surface area contributed by atoms with E-state index >= 15 is 0 Å². The fourth-order valence-corrected chi connectivity index (χ4v) is 4.33. The van der Waals surface area contributed by atoms with Crippen LogP contribution in [0.4, 0.5) is 0 Å². The summed E-state index contributed by atoms with van der Waals surface area (Å²) in [5, 5.41) is 0. The second kappa shape index (κ2) is 7.38. The van der Waals surface area contributed by atoms with Gasteiger partial charge in [0, 0.05) is 0 Å². The summed E-state index contributed by atoms with van der Waals surface area (Å²) in [6, 6.07) is 9.31. The van der Waals surface area contributed by atoms with Crippen molar-refractivity contribution in [2.24, 2.45) is 0 Å². The Morgan fingerprint density at radius 1 is 0.583 bits per heavy atom. The van der Waals surface area contributed by atoms with Crippen molar-refractivity contribution < 1.29 is 0 Å². The molecule has 0 saturated carbocycles. The van der Waals surface area contributed by atoms with Crippen molar-refractivity contribution in [1.82, 2.24) is 0 Å². The lowest BCUT2D eigenvalue weighted by atomic mass is 9.92. The van der Waals surface area contributed by atoms with Gasteiger partial charge >= 0.3 is 0 Å². The fraction of sp³-hybridized carbons (Fsp3) is 0.417. The molecule has 0 radical (unpaired) electrons. The van der Waals surface area contributed by atoms with E-state index in [1.54, 1.807) is 22.3 Å². The third kappa shape index (κ3) is 2.95. The minimum atomic E-state index is 1.14. The summed E-state index contributed by atoms with van der Waals surface area (Å²) in [4.78, 5) is 0. The summed E-state index contributed by atoms with van der Waals surface area (Å²) in [6.45, 7) is 9.13. The highest BCUT2D eigenvalue weighted by atomic mass is 14.2. The third-order valence-corrected chi connectivity index (χ3v) is 5.68. The molecule has 0 amide bonds. The average molecular weight is 319 g/mol. The van der Waals surface area contributed by atoms with Crippen LogP contribution in [0.1, 0.15) is 77.3 Å². The maximum atomic E-state index is 2.42. The summed E-state index contributed by atoms with van der Waals surface area (Å²) >= 11 is 0. The Morgan fingerprint density at radius 2 is 0.958 bits per heavy atom. The zero-order valence-corrected chi connectivity index (χ0v) is 15.7. The molecular weight excluding hydrogens is 288 g/mol. The van der Waals surface area contributed by atoms with Crippen molar-refractivity contribution in [1.29, 1.82) is 0 Å². The summed E-state index contributed by atoms with van der Waals surface area (Å²) < 4.78 is 0. The van der Waals surface area contributed by atoms with Gasteiger partial charge in [-0.3, -0.25) is 0 Å². The highest BCUT2D eigenvalue weighted by Gasteiger charge is 2.18. The zero-order valence-electron chi connectivity index (χ0n) is 15.7. The lowest BCUT2D eigenvalue weighted by Crippen LogP contribution is -1.92. The molecule has 0 heteroatoms. The van der Waals surface area contributed by atoms with Crippen LogP contribution in [0.2, 0.25) is 0 Å². The molecule has 0 bridgehead atoms.